The molecule has 27 heavy (non-hydrogen) atoms. The van der Waals surface area contributed by atoms with Crippen molar-refractivity contribution in [1.29, 1.82) is 0 Å². The minimum atomic E-state index is -0.326. The van der Waals surface area contributed by atoms with Crippen LogP contribution >= 0.6 is 0 Å². The normalized spacial score (nSPS) is 19.1. The van der Waals surface area contributed by atoms with Gasteiger partial charge in [0, 0.05) is 63.1 Å². The van der Waals surface area contributed by atoms with E-state index in [1.165, 1.54) is 16.8 Å². The molecule has 0 spiro atoms. The van der Waals surface area contributed by atoms with Gasteiger partial charge in [-0.05, 0) is 30.5 Å². The summed E-state index contributed by atoms with van der Waals surface area (Å²) < 4.78 is 0. The Balaban J connectivity index is 1.90. The molecule has 2 aliphatic heterocycles. The minimum absolute atomic E-state index is 0.0333. The van der Waals surface area contributed by atoms with E-state index in [4.69, 9.17) is 0 Å². The van der Waals surface area contributed by atoms with E-state index < -0.39 is 0 Å². The number of aldehydes is 1. The second-order valence-electron chi connectivity index (χ2n) is 7.08. The molecule has 3 rings (SSSR count). The van der Waals surface area contributed by atoms with E-state index in [2.05, 4.69) is 51.6 Å². The van der Waals surface area contributed by atoms with Crippen LogP contribution in [0, 0.1) is 0 Å². The summed E-state index contributed by atoms with van der Waals surface area (Å²) in [5, 5.41) is 6.15. The summed E-state index contributed by atoms with van der Waals surface area (Å²) in [5.74, 6) is -0.0333. The topological polar surface area (TPSA) is 64.7 Å². The van der Waals surface area contributed by atoms with Crippen LogP contribution < -0.4 is 15.5 Å². The number of benzene rings is 1. The quantitative estimate of drug-likeness (QED) is 0.716. The number of hydrogen-bond acceptors (Lipinski definition) is 5. The number of carbonyl (C=O) groups excluding carboxylic acids is 2. The van der Waals surface area contributed by atoms with Gasteiger partial charge < -0.3 is 25.2 Å². The number of carbonyl (C=O) groups is 2. The summed E-state index contributed by atoms with van der Waals surface area (Å²) in [6.07, 6.45) is 4.90. The molecular formula is C21H30N4O2. The van der Waals surface area contributed by atoms with Gasteiger partial charge in [0.05, 0.1) is 0 Å². The number of likely N-dealkylation sites (N-methyl/N-ethyl adjacent to an activating group) is 1. The number of nitrogens with one attached hydrogen (secondary N) is 2. The first-order valence-electron chi connectivity index (χ1n) is 9.90. The second kappa shape index (κ2) is 9.04. The van der Waals surface area contributed by atoms with Crippen molar-refractivity contribution < 1.29 is 9.59 Å². The van der Waals surface area contributed by atoms with Crippen molar-refractivity contribution in [2.75, 3.05) is 38.1 Å². The summed E-state index contributed by atoms with van der Waals surface area (Å²) in [4.78, 5) is 28.0. The third kappa shape index (κ3) is 4.16. The zero-order valence-corrected chi connectivity index (χ0v) is 16.3. The number of fused-ring (bicyclic) bond motifs is 1. The zero-order chi connectivity index (χ0) is 19.2. The Hall–Kier alpha value is -2.34. The minimum Gasteiger partial charge on any atom is -0.369 e. The van der Waals surface area contributed by atoms with Crippen molar-refractivity contribution in [1.82, 2.24) is 15.5 Å². The number of nitrogens with zero attached hydrogens (tertiary/aromatic N) is 2. The fourth-order valence-electron chi connectivity index (χ4n) is 4.02. The molecule has 1 fully saturated rings. The molecule has 2 aliphatic rings. The number of anilines is 1. The van der Waals surface area contributed by atoms with E-state index in [0.717, 1.165) is 44.6 Å². The molecule has 0 aliphatic carbocycles. The van der Waals surface area contributed by atoms with E-state index in [-0.39, 0.29) is 11.9 Å². The van der Waals surface area contributed by atoms with Crippen LogP contribution in [0.3, 0.4) is 0 Å². The lowest BCUT2D eigenvalue weighted by atomic mass is 10.1. The maximum atomic E-state index is 12.5. The van der Waals surface area contributed by atoms with Gasteiger partial charge in [0.1, 0.15) is 12.3 Å². The molecule has 1 amide bonds. The smallest absolute Gasteiger partial charge is 0.242 e. The molecule has 146 valence electrons. The van der Waals surface area contributed by atoms with E-state index >= 15 is 0 Å². The molecule has 1 aromatic rings. The molecule has 1 saturated heterocycles. The van der Waals surface area contributed by atoms with Crippen molar-refractivity contribution in [2.45, 2.75) is 38.8 Å². The molecule has 1 atom stereocenters. The maximum Gasteiger partial charge on any atom is 0.242 e. The molecule has 0 aromatic heterocycles. The lowest BCUT2D eigenvalue weighted by molar-refractivity contribution is -0.125. The maximum absolute atomic E-state index is 12.5. The first kappa shape index (κ1) is 19.4. The molecule has 0 saturated carbocycles. The number of allylic oxidation sites excluding steroid dienone is 1. The molecule has 1 unspecified atom stereocenters. The average Bonchev–Trinajstić information content (AvgIpc) is 3.06. The van der Waals surface area contributed by atoms with Gasteiger partial charge in [-0.15, -0.1) is 0 Å². The number of amides is 1. The standard InChI is InChI=1S/C21H30N4O2/c1-3-5-19-18-8-7-17(24-11-9-23-10-12-24)14-16(18)15-25(19)20(6-4-13-26)21(27)22-2/h5,7-8,13-14,20,23H,3-4,6,9-12,15H2,1-2H3,(H,22,27)/b19-5+. The van der Waals surface area contributed by atoms with Crippen molar-refractivity contribution in [3.05, 3.63) is 35.4 Å². The Morgan fingerprint density at radius 3 is 2.78 bits per heavy atom. The van der Waals surface area contributed by atoms with Gasteiger partial charge in [0.15, 0.2) is 0 Å². The largest absolute Gasteiger partial charge is 0.369 e. The van der Waals surface area contributed by atoms with Gasteiger partial charge in [-0.3, -0.25) is 4.79 Å². The van der Waals surface area contributed by atoms with Crippen LogP contribution in [0.25, 0.3) is 5.70 Å². The van der Waals surface area contributed by atoms with Crippen LogP contribution in [0.5, 0.6) is 0 Å². The van der Waals surface area contributed by atoms with Gasteiger partial charge in [-0.25, -0.2) is 0 Å². The van der Waals surface area contributed by atoms with Crippen LogP contribution in [0.2, 0.25) is 0 Å². The Kier molecular flexibility index (Phi) is 6.50. The fraction of sp³-hybridized carbons (Fsp3) is 0.524. The molecule has 6 heteroatoms. The molecule has 0 bridgehead atoms. The van der Waals surface area contributed by atoms with Crippen molar-refractivity contribution in [3.63, 3.8) is 0 Å². The molecular weight excluding hydrogens is 340 g/mol. The van der Waals surface area contributed by atoms with Crippen LogP contribution in [-0.2, 0) is 16.1 Å². The molecule has 1 aromatic carbocycles. The second-order valence-corrected chi connectivity index (χ2v) is 7.08. The average molecular weight is 370 g/mol. The van der Waals surface area contributed by atoms with Crippen molar-refractivity contribution in [2.24, 2.45) is 0 Å². The Morgan fingerprint density at radius 1 is 1.33 bits per heavy atom. The van der Waals surface area contributed by atoms with Crippen molar-refractivity contribution >= 4 is 23.6 Å². The van der Waals surface area contributed by atoms with E-state index in [1.54, 1.807) is 7.05 Å². The first-order chi connectivity index (χ1) is 13.2. The highest BCUT2D eigenvalue weighted by atomic mass is 16.2. The van der Waals surface area contributed by atoms with Gasteiger partial charge in [-0.2, -0.15) is 0 Å². The third-order valence-corrected chi connectivity index (χ3v) is 5.38. The highest BCUT2D eigenvalue weighted by Gasteiger charge is 2.33. The SMILES string of the molecule is CC/C=C1\c2ccc(N3CCNCC3)cc2CN1C(CCC=O)C(=O)NC. The lowest BCUT2D eigenvalue weighted by Crippen LogP contribution is -2.43. The fourth-order valence-corrected chi connectivity index (χ4v) is 4.02. The van der Waals surface area contributed by atoms with Crippen LogP contribution in [0.15, 0.2) is 24.3 Å². The number of piperazine rings is 1. The number of rotatable bonds is 7. The van der Waals surface area contributed by atoms with Crippen molar-refractivity contribution in [3.8, 4) is 0 Å². The predicted octanol–water partition coefficient (Wildman–Crippen LogP) is 1.76. The summed E-state index contributed by atoms with van der Waals surface area (Å²) >= 11 is 0. The summed E-state index contributed by atoms with van der Waals surface area (Å²) in [7, 11) is 1.66. The third-order valence-electron chi connectivity index (χ3n) is 5.38. The Labute approximate surface area is 161 Å². The zero-order valence-electron chi connectivity index (χ0n) is 16.3. The van der Waals surface area contributed by atoms with E-state index in [9.17, 15) is 9.59 Å². The van der Waals surface area contributed by atoms with Gasteiger partial charge in [0.25, 0.3) is 0 Å². The summed E-state index contributed by atoms with van der Waals surface area (Å²) in [6.45, 7) is 6.86. The van der Waals surface area contributed by atoms with Crippen LogP contribution in [-0.4, -0.2) is 56.4 Å². The lowest BCUT2D eigenvalue weighted by Gasteiger charge is -2.29. The van der Waals surface area contributed by atoms with Crippen LogP contribution in [0.1, 0.15) is 37.3 Å². The molecule has 2 N–H and O–H groups in total. The predicted molar refractivity (Wildman–Crippen MR) is 108 cm³/mol. The molecule has 0 radical (unpaired) electrons. The van der Waals surface area contributed by atoms with Gasteiger partial charge in [0.2, 0.25) is 5.91 Å². The monoisotopic (exact) mass is 370 g/mol. The van der Waals surface area contributed by atoms with E-state index in [0.29, 0.717) is 19.4 Å². The van der Waals surface area contributed by atoms with Gasteiger partial charge in [-0.1, -0.05) is 19.1 Å². The Morgan fingerprint density at radius 2 is 2.11 bits per heavy atom. The molecule has 6 nitrogen and oxygen atoms in total. The Bertz CT molecular complexity index is 710. The first-order valence-corrected chi connectivity index (χ1v) is 9.90. The van der Waals surface area contributed by atoms with E-state index in [1.807, 2.05) is 0 Å². The molecule has 2 heterocycles. The highest BCUT2D eigenvalue weighted by Crippen LogP contribution is 2.37. The highest BCUT2D eigenvalue weighted by molar-refractivity contribution is 5.85. The van der Waals surface area contributed by atoms with Crippen LogP contribution in [0.4, 0.5) is 5.69 Å². The van der Waals surface area contributed by atoms with Gasteiger partial charge >= 0.3 is 0 Å². The number of hydrogen-bond donors (Lipinski definition) is 2. The summed E-state index contributed by atoms with van der Waals surface area (Å²) in [6, 6.07) is 6.32. The summed E-state index contributed by atoms with van der Waals surface area (Å²) in [5.41, 5.74) is 4.82.